The van der Waals surface area contributed by atoms with Crippen molar-refractivity contribution in [1.29, 1.82) is 0 Å². The number of non-ortho nitro benzene ring substituents is 1. The van der Waals surface area contributed by atoms with Crippen LogP contribution in [0.5, 0.6) is 0 Å². The SMILES string of the molecule is COC(=O)/C=C/C(C)=C/C(C)=C/C(C)=C/c1ccc([N+](=O)[O-])cc1. The van der Waals surface area contributed by atoms with Crippen LogP contribution in [0, 0.1) is 10.1 Å². The number of rotatable bonds is 6. The fourth-order valence-corrected chi connectivity index (χ4v) is 2.07. The van der Waals surface area contributed by atoms with Crippen LogP contribution in [0.1, 0.15) is 26.3 Å². The Hall–Kier alpha value is -2.95. The Labute approximate surface area is 141 Å². The Morgan fingerprint density at radius 3 is 2.12 bits per heavy atom. The van der Waals surface area contributed by atoms with E-state index in [0.29, 0.717) is 0 Å². The highest BCUT2D eigenvalue weighted by Gasteiger charge is 2.02. The summed E-state index contributed by atoms with van der Waals surface area (Å²) in [6, 6.07) is 6.39. The Bertz CT molecular complexity index is 722. The number of ether oxygens (including phenoxy) is 1. The van der Waals surface area contributed by atoms with Gasteiger partial charge < -0.3 is 4.74 Å². The van der Waals surface area contributed by atoms with Gasteiger partial charge in [0, 0.05) is 18.2 Å². The van der Waals surface area contributed by atoms with E-state index in [0.717, 1.165) is 22.3 Å². The number of carbonyl (C=O) groups is 1. The maximum absolute atomic E-state index is 11.0. The second kappa shape index (κ2) is 9.25. The third-order valence-corrected chi connectivity index (χ3v) is 3.09. The average Bonchev–Trinajstić information content (AvgIpc) is 2.52. The molecule has 1 aromatic rings. The highest BCUT2D eigenvalue weighted by atomic mass is 16.6. The van der Waals surface area contributed by atoms with Gasteiger partial charge in [-0.15, -0.1) is 0 Å². The third kappa shape index (κ3) is 6.87. The zero-order valence-electron chi connectivity index (χ0n) is 14.3. The number of nitrogens with zero attached hydrogens (tertiary/aromatic N) is 1. The Morgan fingerprint density at radius 2 is 1.58 bits per heavy atom. The molecule has 1 rings (SSSR count). The molecule has 0 unspecified atom stereocenters. The van der Waals surface area contributed by atoms with Crippen LogP contribution in [0.15, 0.2) is 65.3 Å². The van der Waals surface area contributed by atoms with Crippen molar-refractivity contribution in [3.05, 3.63) is 81.0 Å². The summed E-state index contributed by atoms with van der Waals surface area (Å²) in [5.41, 5.74) is 3.94. The van der Waals surface area contributed by atoms with Gasteiger partial charge in [-0.2, -0.15) is 0 Å². The monoisotopic (exact) mass is 327 g/mol. The molecular weight excluding hydrogens is 306 g/mol. The van der Waals surface area contributed by atoms with Crippen LogP contribution < -0.4 is 0 Å². The van der Waals surface area contributed by atoms with E-state index in [2.05, 4.69) is 4.74 Å². The molecule has 0 saturated carbocycles. The summed E-state index contributed by atoms with van der Waals surface area (Å²) in [5.74, 6) is -0.390. The van der Waals surface area contributed by atoms with Crippen LogP contribution in [0.25, 0.3) is 6.08 Å². The molecule has 0 aliphatic carbocycles. The van der Waals surface area contributed by atoms with Crippen LogP contribution in [-0.4, -0.2) is 18.0 Å². The quantitative estimate of drug-likeness (QED) is 0.251. The summed E-state index contributed by atoms with van der Waals surface area (Å²) in [6.45, 7) is 5.81. The number of hydrogen-bond acceptors (Lipinski definition) is 4. The fourth-order valence-electron chi connectivity index (χ4n) is 2.07. The first-order chi connectivity index (χ1) is 11.3. The van der Waals surface area contributed by atoms with Gasteiger partial charge in [-0.25, -0.2) is 4.79 Å². The summed E-state index contributed by atoms with van der Waals surface area (Å²) in [6.07, 6.45) is 8.96. The minimum Gasteiger partial charge on any atom is -0.466 e. The number of hydrogen-bond donors (Lipinski definition) is 0. The topological polar surface area (TPSA) is 69.4 Å². The van der Waals surface area contributed by atoms with Gasteiger partial charge in [-0.3, -0.25) is 10.1 Å². The molecule has 24 heavy (non-hydrogen) atoms. The van der Waals surface area contributed by atoms with Gasteiger partial charge in [0.15, 0.2) is 0 Å². The molecular formula is C19H21NO4. The lowest BCUT2D eigenvalue weighted by Crippen LogP contribution is -1.93. The Balaban J connectivity index is 2.84. The third-order valence-electron chi connectivity index (χ3n) is 3.09. The molecule has 0 N–H and O–H groups in total. The maximum Gasteiger partial charge on any atom is 0.330 e. The van der Waals surface area contributed by atoms with Gasteiger partial charge in [0.2, 0.25) is 0 Å². The Kier molecular flexibility index (Phi) is 7.36. The zero-order chi connectivity index (χ0) is 18.1. The van der Waals surface area contributed by atoms with E-state index in [4.69, 9.17) is 0 Å². The van der Waals surface area contributed by atoms with Crippen molar-refractivity contribution in [1.82, 2.24) is 0 Å². The Morgan fingerprint density at radius 1 is 1.00 bits per heavy atom. The van der Waals surface area contributed by atoms with Gasteiger partial charge in [-0.1, -0.05) is 41.0 Å². The summed E-state index contributed by atoms with van der Waals surface area (Å²) >= 11 is 0. The van der Waals surface area contributed by atoms with E-state index >= 15 is 0 Å². The van der Waals surface area contributed by atoms with Crippen molar-refractivity contribution in [3.8, 4) is 0 Å². The maximum atomic E-state index is 11.0. The molecule has 0 saturated heterocycles. The van der Waals surface area contributed by atoms with Crippen LogP contribution >= 0.6 is 0 Å². The van der Waals surface area contributed by atoms with E-state index in [-0.39, 0.29) is 5.69 Å². The van der Waals surface area contributed by atoms with Gasteiger partial charge >= 0.3 is 5.97 Å². The molecule has 0 heterocycles. The molecule has 126 valence electrons. The second-order valence-corrected chi connectivity index (χ2v) is 5.37. The zero-order valence-corrected chi connectivity index (χ0v) is 14.3. The molecule has 0 radical (unpaired) electrons. The normalized spacial score (nSPS) is 13.2. The number of nitro benzene ring substituents is 1. The molecule has 0 atom stereocenters. The van der Waals surface area contributed by atoms with Crippen LogP contribution in [0.4, 0.5) is 5.69 Å². The molecule has 0 fully saturated rings. The second-order valence-electron chi connectivity index (χ2n) is 5.37. The molecule has 0 aliphatic rings. The fraction of sp³-hybridized carbons (Fsp3) is 0.211. The molecule has 0 bridgehead atoms. The van der Waals surface area contributed by atoms with Crippen molar-refractivity contribution >= 4 is 17.7 Å². The molecule has 5 nitrogen and oxygen atoms in total. The van der Waals surface area contributed by atoms with E-state index in [1.807, 2.05) is 39.0 Å². The first-order valence-corrected chi connectivity index (χ1v) is 7.37. The molecule has 5 heteroatoms. The van der Waals surface area contributed by atoms with E-state index in [1.165, 1.54) is 25.3 Å². The minimum absolute atomic E-state index is 0.0764. The van der Waals surface area contributed by atoms with Crippen molar-refractivity contribution in [3.63, 3.8) is 0 Å². The number of methoxy groups -OCH3 is 1. The number of carbonyl (C=O) groups excluding carboxylic acids is 1. The van der Waals surface area contributed by atoms with Crippen molar-refractivity contribution < 1.29 is 14.5 Å². The summed E-state index contributed by atoms with van der Waals surface area (Å²) in [4.78, 5) is 21.3. The van der Waals surface area contributed by atoms with Crippen LogP contribution in [0.3, 0.4) is 0 Å². The average molecular weight is 327 g/mol. The number of allylic oxidation sites excluding steroid dienone is 6. The number of nitro groups is 1. The lowest BCUT2D eigenvalue weighted by Gasteiger charge is -1.99. The lowest BCUT2D eigenvalue weighted by molar-refractivity contribution is -0.384. The standard InChI is InChI=1S/C19H21NO4/c1-14(5-10-19(21)24-4)11-15(2)12-16(3)13-17-6-8-18(9-7-17)20(22)23/h5-13H,1-4H3/b10-5+,14-11+,15-12+,16-13+. The predicted octanol–water partition coefficient (Wildman–Crippen LogP) is 4.62. The minimum atomic E-state index is -0.417. The molecule has 0 aromatic heterocycles. The van der Waals surface area contributed by atoms with Crippen LogP contribution in [-0.2, 0) is 9.53 Å². The number of benzene rings is 1. The summed E-state index contributed by atoms with van der Waals surface area (Å²) < 4.78 is 4.54. The largest absolute Gasteiger partial charge is 0.466 e. The highest BCUT2D eigenvalue weighted by Crippen LogP contribution is 2.15. The molecule has 0 aliphatic heterocycles. The first-order valence-electron chi connectivity index (χ1n) is 7.37. The highest BCUT2D eigenvalue weighted by molar-refractivity contribution is 5.82. The molecule has 0 amide bonds. The lowest BCUT2D eigenvalue weighted by atomic mass is 10.1. The van der Waals surface area contributed by atoms with E-state index in [1.54, 1.807) is 18.2 Å². The van der Waals surface area contributed by atoms with Crippen LogP contribution in [0.2, 0.25) is 0 Å². The summed E-state index contributed by atoms with van der Waals surface area (Å²) in [5, 5.41) is 10.6. The molecule has 1 aromatic carbocycles. The van der Waals surface area contributed by atoms with Gasteiger partial charge in [0.25, 0.3) is 5.69 Å². The van der Waals surface area contributed by atoms with Crippen molar-refractivity contribution in [2.75, 3.05) is 7.11 Å². The predicted molar refractivity (Wildman–Crippen MR) is 95.4 cm³/mol. The van der Waals surface area contributed by atoms with E-state index < -0.39 is 10.9 Å². The van der Waals surface area contributed by atoms with Gasteiger partial charge in [0.05, 0.1) is 12.0 Å². The van der Waals surface area contributed by atoms with Gasteiger partial charge in [-0.05, 0) is 38.5 Å². The van der Waals surface area contributed by atoms with Crippen molar-refractivity contribution in [2.24, 2.45) is 0 Å². The van der Waals surface area contributed by atoms with Crippen molar-refractivity contribution in [2.45, 2.75) is 20.8 Å². The first kappa shape index (κ1) is 19.1. The van der Waals surface area contributed by atoms with Gasteiger partial charge in [0.1, 0.15) is 0 Å². The molecule has 0 spiro atoms. The number of esters is 1. The van der Waals surface area contributed by atoms with E-state index in [9.17, 15) is 14.9 Å². The smallest absolute Gasteiger partial charge is 0.330 e. The summed E-state index contributed by atoms with van der Waals surface area (Å²) in [7, 11) is 1.34.